The first-order valence-corrected chi connectivity index (χ1v) is 6.20. The van der Waals surface area contributed by atoms with Gasteiger partial charge >= 0.3 is 0 Å². The van der Waals surface area contributed by atoms with Gasteiger partial charge in [0.15, 0.2) is 0 Å². The van der Waals surface area contributed by atoms with Gasteiger partial charge in [-0.05, 0) is 46.5 Å². The Morgan fingerprint density at radius 3 is 2.20 bits per heavy atom. The van der Waals surface area contributed by atoms with Crippen molar-refractivity contribution in [3.05, 3.63) is 0 Å². The van der Waals surface area contributed by atoms with Crippen LogP contribution in [0.15, 0.2) is 0 Å². The Labute approximate surface area is 94.8 Å². The predicted octanol–water partition coefficient (Wildman–Crippen LogP) is 2.83. The summed E-state index contributed by atoms with van der Waals surface area (Å²) in [5.41, 5.74) is 0.547. The molecule has 1 N–H and O–H groups in total. The Morgan fingerprint density at radius 1 is 1.20 bits per heavy atom. The molecular formula is C13H27NO. The van der Waals surface area contributed by atoms with Crippen LogP contribution in [-0.2, 0) is 4.74 Å². The van der Waals surface area contributed by atoms with Gasteiger partial charge in [0, 0.05) is 24.1 Å². The fraction of sp³-hybridized carbons (Fsp3) is 1.00. The van der Waals surface area contributed by atoms with Crippen molar-refractivity contribution < 1.29 is 4.74 Å². The minimum Gasteiger partial charge on any atom is -0.381 e. The summed E-state index contributed by atoms with van der Waals surface area (Å²) in [4.78, 5) is 0. The molecular weight excluding hydrogens is 186 g/mol. The summed E-state index contributed by atoms with van der Waals surface area (Å²) in [7, 11) is 0. The summed E-state index contributed by atoms with van der Waals surface area (Å²) in [6.07, 6.45) is 2.77. The third kappa shape index (κ3) is 4.52. The third-order valence-electron chi connectivity index (χ3n) is 3.22. The van der Waals surface area contributed by atoms with Crippen molar-refractivity contribution in [3.8, 4) is 0 Å². The zero-order valence-electron chi connectivity index (χ0n) is 11.0. The van der Waals surface area contributed by atoms with Crippen LogP contribution >= 0.6 is 0 Å². The predicted molar refractivity (Wildman–Crippen MR) is 65.1 cm³/mol. The molecule has 0 radical (unpaired) electrons. The van der Waals surface area contributed by atoms with E-state index in [9.17, 15) is 0 Å². The van der Waals surface area contributed by atoms with Gasteiger partial charge in [-0.2, -0.15) is 0 Å². The molecule has 0 aromatic heterocycles. The highest BCUT2D eigenvalue weighted by molar-refractivity contribution is 4.93. The van der Waals surface area contributed by atoms with Gasteiger partial charge in [0.05, 0.1) is 6.61 Å². The van der Waals surface area contributed by atoms with E-state index < -0.39 is 0 Å². The van der Waals surface area contributed by atoms with Crippen LogP contribution in [0.4, 0.5) is 0 Å². The lowest BCUT2D eigenvalue weighted by molar-refractivity contribution is 0.0435. The van der Waals surface area contributed by atoms with Gasteiger partial charge in [0.1, 0.15) is 0 Å². The first-order valence-electron chi connectivity index (χ1n) is 6.20. The smallest absolute Gasteiger partial charge is 0.0534 e. The van der Waals surface area contributed by atoms with E-state index in [4.69, 9.17) is 4.74 Å². The zero-order chi connectivity index (χ0) is 11.5. The van der Waals surface area contributed by atoms with Crippen LogP contribution in [0.25, 0.3) is 0 Å². The van der Waals surface area contributed by atoms with Gasteiger partial charge < -0.3 is 10.1 Å². The molecule has 0 heterocycles. The molecule has 1 aliphatic carbocycles. The highest BCUT2D eigenvalue weighted by Crippen LogP contribution is 2.45. The largest absolute Gasteiger partial charge is 0.381 e. The maximum absolute atomic E-state index is 5.63. The average Bonchev–Trinajstić information content (AvgIpc) is 2.93. The summed E-state index contributed by atoms with van der Waals surface area (Å²) in [5.74, 6) is 0.874. The van der Waals surface area contributed by atoms with Gasteiger partial charge in [0.2, 0.25) is 0 Å². The topological polar surface area (TPSA) is 21.3 Å². The molecule has 0 bridgehead atoms. The summed E-state index contributed by atoms with van der Waals surface area (Å²) >= 11 is 0. The van der Waals surface area contributed by atoms with Crippen molar-refractivity contribution >= 4 is 0 Å². The van der Waals surface area contributed by atoms with E-state index in [1.54, 1.807) is 0 Å². The monoisotopic (exact) mass is 213 g/mol. The summed E-state index contributed by atoms with van der Waals surface area (Å²) in [6.45, 7) is 13.9. The van der Waals surface area contributed by atoms with E-state index in [-0.39, 0.29) is 5.54 Å². The highest BCUT2D eigenvalue weighted by Gasteiger charge is 2.41. The molecule has 0 amide bonds. The Balaban J connectivity index is 2.42. The lowest BCUT2D eigenvalue weighted by Crippen LogP contribution is -2.45. The minimum absolute atomic E-state index is 0.211. The van der Waals surface area contributed by atoms with Gasteiger partial charge in [0.25, 0.3) is 0 Å². The molecule has 0 aromatic carbocycles. The molecule has 90 valence electrons. The second-order valence-corrected chi connectivity index (χ2v) is 6.17. The molecule has 0 aliphatic heterocycles. The van der Waals surface area contributed by atoms with Crippen molar-refractivity contribution in [3.63, 3.8) is 0 Å². The van der Waals surface area contributed by atoms with Crippen LogP contribution < -0.4 is 5.32 Å². The van der Waals surface area contributed by atoms with Crippen LogP contribution in [0.5, 0.6) is 0 Å². The first kappa shape index (κ1) is 13.0. The van der Waals surface area contributed by atoms with Crippen molar-refractivity contribution in [1.29, 1.82) is 0 Å². The number of nitrogens with one attached hydrogen (secondary N) is 1. The molecule has 2 nitrogen and oxygen atoms in total. The molecule has 1 rings (SSSR count). The van der Waals surface area contributed by atoms with E-state index >= 15 is 0 Å². The third-order valence-corrected chi connectivity index (χ3v) is 3.22. The molecule has 0 aromatic rings. The van der Waals surface area contributed by atoms with Crippen molar-refractivity contribution in [2.45, 2.75) is 53.0 Å². The number of hydrogen-bond acceptors (Lipinski definition) is 2. The molecule has 1 aliphatic rings. The summed E-state index contributed by atoms with van der Waals surface area (Å²) in [5, 5.41) is 3.61. The number of ether oxygens (including phenoxy) is 1. The lowest BCUT2D eigenvalue weighted by Gasteiger charge is -2.33. The fourth-order valence-electron chi connectivity index (χ4n) is 1.90. The number of rotatable bonds is 6. The van der Waals surface area contributed by atoms with E-state index in [0.29, 0.717) is 5.41 Å². The van der Waals surface area contributed by atoms with E-state index in [0.717, 1.165) is 25.7 Å². The second kappa shape index (κ2) is 4.84. The Morgan fingerprint density at radius 2 is 1.80 bits per heavy atom. The van der Waals surface area contributed by atoms with Crippen LogP contribution in [0, 0.1) is 11.3 Å². The van der Waals surface area contributed by atoms with Crippen LogP contribution in [0.1, 0.15) is 47.5 Å². The molecule has 0 spiro atoms. The van der Waals surface area contributed by atoms with Crippen LogP contribution in [0.3, 0.4) is 0 Å². The SMILES string of the molecule is CCOCC(C)(CNC(C)(C)C)C1CC1. The maximum Gasteiger partial charge on any atom is 0.0534 e. The summed E-state index contributed by atoms with van der Waals surface area (Å²) in [6, 6.07) is 0. The molecule has 1 fully saturated rings. The Kier molecular flexibility index (Phi) is 4.19. The second-order valence-electron chi connectivity index (χ2n) is 6.17. The minimum atomic E-state index is 0.211. The molecule has 2 heteroatoms. The highest BCUT2D eigenvalue weighted by atomic mass is 16.5. The molecule has 1 unspecified atom stereocenters. The molecule has 15 heavy (non-hydrogen) atoms. The normalized spacial score (nSPS) is 21.4. The van der Waals surface area contributed by atoms with E-state index in [1.165, 1.54) is 12.8 Å². The Bertz CT molecular complexity index is 193. The van der Waals surface area contributed by atoms with Gasteiger partial charge in [-0.15, -0.1) is 0 Å². The van der Waals surface area contributed by atoms with Crippen molar-refractivity contribution in [2.24, 2.45) is 11.3 Å². The number of hydrogen-bond donors (Lipinski definition) is 1. The average molecular weight is 213 g/mol. The molecule has 1 saturated carbocycles. The standard InChI is InChI=1S/C13H27NO/c1-6-15-10-13(5,11-7-8-11)9-14-12(2,3)4/h11,14H,6-10H2,1-5H3. The van der Waals surface area contributed by atoms with E-state index in [2.05, 4.69) is 39.9 Å². The quantitative estimate of drug-likeness (QED) is 0.732. The Hall–Kier alpha value is -0.0800. The van der Waals surface area contributed by atoms with Gasteiger partial charge in [-0.25, -0.2) is 0 Å². The van der Waals surface area contributed by atoms with E-state index in [1.807, 2.05) is 0 Å². The van der Waals surface area contributed by atoms with Gasteiger partial charge in [-0.1, -0.05) is 6.92 Å². The maximum atomic E-state index is 5.63. The van der Waals surface area contributed by atoms with Crippen LogP contribution in [0.2, 0.25) is 0 Å². The molecule has 0 saturated heterocycles. The first-order chi connectivity index (χ1) is 6.87. The molecule has 1 atom stereocenters. The summed E-state index contributed by atoms with van der Waals surface area (Å²) < 4.78 is 5.63. The lowest BCUT2D eigenvalue weighted by atomic mass is 9.85. The zero-order valence-corrected chi connectivity index (χ0v) is 11.0. The van der Waals surface area contributed by atoms with Crippen molar-refractivity contribution in [1.82, 2.24) is 5.32 Å². The fourth-order valence-corrected chi connectivity index (χ4v) is 1.90. The van der Waals surface area contributed by atoms with Crippen molar-refractivity contribution in [2.75, 3.05) is 19.8 Å². The van der Waals surface area contributed by atoms with Crippen LogP contribution in [-0.4, -0.2) is 25.3 Å². The van der Waals surface area contributed by atoms with Gasteiger partial charge in [-0.3, -0.25) is 0 Å².